The van der Waals surface area contributed by atoms with E-state index in [2.05, 4.69) is 76.3 Å². The Kier molecular flexibility index (Phi) is 35.8. The minimum Gasteiger partial charge on any atom is -0.466 e. The minimum atomic E-state index is -4.45. The molecule has 0 aliphatic carbocycles. The highest BCUT2D eigenvalue weighted by Crippen LogP contribution is 2.43. The summed E-state index contributed by atoms with van der Waals surface area (Å²) in [5, 5.41) is 10.3. The fourth-order valence-electron chi connectivity index (χ4n) is 6.57. The van der Waals surface area contributed by atoms with Crippen molar-refractivity contribution in [2.75, 3.05) is 26.4 Å². The molecular weight excluding hydrogens is 818 g/mol. The lowest BCUT2D eigenvalue weighted by Gasteiger charge is -2.20. The summed E-state index contributed by atoms with van der Waals surface area (Å²) in [5.74, 6) is 1.22. The smallest absolute Gasteiger partial charge is 0.466 e. The van der Waals surface area contributed by atoms with E-state index in [4.69, 9.17) is 28.7 Å². The number of carbonyl (C=O) groups excluding carboxylic acids is 2. The van der Waals surface area contributed by atoms with E-state index in [1.807, 2.05) is 12.2 Å². The number of aliphatic hydroxyl groups is 1. The summed E-state index contributed by atoms with van der Waals surface area (Å²) >= 11 is 0. The number of rotatable bonds is 40. The van der Waals surface area contributed by atoms with E-state index in [0.717, 1.165) is 77.0 Å². The van der Waals surface area contributed by atoms with Gasteiger partial charge in [-0.3, -0.25) is 18.6 Å². The van der Waals surface area contributed by atoms with Gasteiger partial charge in [0, 0.05) is 32.2 Å². The molecule has 1 aromatic rings. The SMILES string of the molecule is CC/C=C\C/C=C\C/C=C\C/C=C\C/C=C\C=C/C(O)CCC(=O)OC[C@H](COP(=O)(O)OCCN)OC(=O)CCCCCCCCCCCCc1oc(CCCCC)c(C)c1C. The molecule has 0 amide bonds. The highest BCUT2D eigenvalue weighted by atomic mass is 31.2. The molecule has 1 heterocycles. The topological polar surface area (TPSA) is 168 Å². The van der Waals surface area contributed by atoms with Crippen molar-refractivity contribution in [1.29, 1.82) is 0 Å². The Balaban J connectivity index is 2.31. The average Bonchev–Trinajstić information content (AvgIpc) is 3.53. The van der Waals surface area contributed by atoms with Gasteiger partial charge in [-0.1, -0.05) is 151 Å². The van der Waals surface area contributed by atoms with Crippen LogP contribution in [0, 0.1) is 13.8 Å². The van der Waals surface area contributed by atoms with Gasteiger partial charge in [-0.05, 0) is 82.8 Å². The number of allylic oxidation sites excluding steroid dienone is 11. The highest BCUT2D eigenvalue weighted by molar-refractivity contribution is 7.47. The first-order valence-electron chi connectivity index (χ1n) is 23.9. The molecule has 0 saturated carbocycles. The summed E-state index contributed by atoms with van der Waals surface area (Å²) in [4.78, 5) is 35.1. The molecule has 1 rings (SSSR count). The molecule has 1 aromatic heterocycles. The summed E-state index contributed by atoms with van der Waals surface area (Å²) in [6.45, 7) is 7.66. The van der Waals surface area contributed by atoms with Crippen LogP contribution in [0.2, 0.25) is 0 Å². The first-order chi connectivity index (χ1) is 30.5. The lowest BCUT2D eigenvalue weighted by Crippen LogP contribution is -2.29. The van der Waals surface area contributed by atoms with Crippen molar-refractivity contribution in [3.05, 3.63) is 95.6 Å². The van der Waals surface area contributed by atoms with E-state index in [1.54, 1.807) is 12.2 Å². The van der Waals surface area contributed by atoms with Crippen LogP contribution in [0.15, 0.2) is 77.3 Å². The molecule has 12 heteroatoms. The van der Waals surface area contributed by atoms with E-state index in [0.29, 0.717) is 6.42 Å². The van der Waals surface area contributed by atoms with Crippen LogP contribution in [0.4, 0.5) is 0 Å². The van der Waals surface area contributed by atoms with Gasteiger partial charge in [0.05, 0.1) is 19.3 Å². The monoisotopic (exact) mass is 902 g/mol. The molecule has 63 heavy (non-hydrogen) atoms. The van der Waals surface area contributed by atoms with Crippen LogP contribution in [0.3, 0.4) is 0 Å². The van der Waals surface area contributed by atoms with Crippen LogP contribution >= 0.6 is 7.82 Å². The van der Waals surface area contributed by atoms with Crippen LogP contribution in [0.1, 0.15) is 171 Å². The first kappa shape index (κ1) is 57.7. The molecule has 4 N–H and O–H groups in total. The van der Waals surface area contributed by atoms with Crippen LogP contribution in [-0.2, 0) is 45.5 Å². The Labute approximate surface area is 380 Å². The number of unbranched alkanes of at least 4 members (excludes halogenated alkanes) is 11. The van der Waals surface area contributed by atoms with E-state index >= 15 is 0 Å². The van der Waals surface area contributed by atoms with Crippen LogP contribution in [0.25, 0.3) is 0 Å². The zero-order chi connectivity index (χ0) is 46.2. The summed E-state index contributed by atoms with van der Waals surface area (Å²) in [7, 11) is -4.45. The van der Waals surface area contributed by atoms with Gasteiger partial charge in [-0.15, -0.1) is 0 Å². The average molecular weight is 902 g/mol. The second-order valence-corrected chi connectivity index (χ2v) is 17.5. The molecule has 0 radical (unpaired) electrons. The molecule has 3 atom stereocenters. The number of furan rings is 1. The minimum absolute atomic E-state index is 0.0138. The van der Waals surface area contributed by atoms with E-state index in [1.165, 1.54) is 67.6 Å². The largest absolute Gasteiger partial charge is 0.472 e. The summed E-state index contributed by atoms with van der Waals surface area (Å²) in [6.07, 6.45) is 43.7. The maximum absolute atomic E-state index is 12.7. The van der Waals surface area contributed by atoms with Gasteiger partial charge in [0.1, 0.15) is 18.1 Å². The van der Waals surface area contributed by atoms with Crippen molar-refractivity contribution in [2.45, 2.75) is 188 Å². The van der Waals surface area contributed by atoms with Crippen molar-refractivity contribution in [1.82, 2.24) is 0 Å². The second kappa shape index (κ2) is 39.1. The molecule has 0 fully saturated rings. The van der Waals surface area contributed by atoms with Gasteiger partial charge in [0.2, 0.25) is 0 Å². The molecule has 0 spiro atoms. The normalized spacial score (nSPS) is 14.3. The number of esters is 2. The first-order valence-corrected chi connectivity index (χ1v) is 25.4. The maximum Gasteiger partial charge on any atom is 0.472 e. The lowest BCUT2D eigenvalue weighted by atomic mass is 10.0. The predicted octanol–water partition coefficient (Wildman–Crippen LogP) is 12.5. The molecule has 0 aliphatic heterocycles. The Bertz CT molecular complexity index is 1560. The number of hydrogen-bond acceptors (Lipinski definition) is 10. The van der Waals surface area contributed by atoms with Crippen molar-refractivity contribution in [2.24, 2.45) is 5.73 Å². The van der Waals surface area contributed by atoms with Crippen molar-refractivity contribution in [3.63, 3.8) is 0 Å². The van der Waals surface area contributed by atoms with Gasteiger partial charge >= 0.3 is 19.8 Å². The van der Waals surface area contributed by atoms with Crippen LogP contribution in [-0.4, -0.2) is 60.5 Å². The summed E-state index contributed by atoms with van der Waals surface area (Å²) < 4.78 is 38.9. The number of aryl methyl sites for hydroxylation is 2. The number of carbonyl (C=O) groups is 2. The number of ether oxygens (including phenoxy) is 2. The standard InChI is InChI=1S/C51H84NO10P/c1-5-7-9-10-11-12-13-14-15-16-17-18-21-24-27-31-34-46(53)38-39-50(54)58-42-47(43-60-63(56,57)59-41-40-52)61-51(55)37-33-29-26-23-20-19-22-25-28-32-36-49-45(4)44(3)48(62-49)35-30-8-6-2/h7,9,11-12,14-15,17-18,24,27,31,34,46-47,53H,5-6,8,10,13,16,19-23,25-26,28-30,32-33,35-43,52H2,1-4H3,(H,56,57)/b9-7-,12-11-,15-14-,18-17-,27-24-,34-31-/t46?,47-/m1/s1. The van der Waals surface area contributed by atoms with E-state index in [-0.39, 0.29) is 39.0 Å². The summed E-state index contributed by atoms with van der Waals surface area (Å²) in [5.41, 5.74) is 8.02. The van der Waals surface area contributed by atoms with Crippen LogP contribution in [0.5, 0.6) is 0 Å². The maximum atomic E-state index is 12.7. The zero-order valence-corrected chi connectivity index (χ0v) is 40.3. The summed E-state index contributed by atoms with van der Waals surface area (Å²) in [6, 6.07) is 0. The third-order valence-electron chi connectivity index (χ3n) is 10.4. The van der Waals surface area contributed by atoms with E-state index in [9.17, 15) is 24.2 Å². The second-order valence-electron chi connectivity index (χ2n) is 16.0. The van der Waals surface area contributed by atoms with Crippen molar-refractivity contribution in [3.8, 4) is 0 Å². The number of phosphoric acid groups is 1. The van der Waals surface area contributed by atoms with Gasteiger partial charge in [0.25, 0.3) is 0 Å². The van der Waals surface area contributed by atoms with Crippen LogP contribution < -0.4 is 5.73 Å². The van der Waals surface area contributed by atoms with Gasteiger partial charge in [-0.2, -0.15) is 0 Å². The zero-order valence-electron chi connectivity index (χ0n) is 39.4. The number of phosphoric ester groups is 1. The number of aliphatic hydroxyl groups excluding tert-OH is 1. The van der Waals surface area contributed by atoms with Gasteiger partial charge < -0.3 is 29.6 Å². The number of hydrogen-bond donors (Lipinski definition) is 3. The quantitative estimate of drug-likeness (QED) is 0.0188. The third-order valence-corrected chi connectivity index (χ3v) is 11.4. The lowest BCUT2D eigenvalue weighted by molar-refractivity contribution is -0.161. The fourth-order valence-corrected chi connectivity index (χ4v) is 7.33. The van der Waals surface area contributed by atoms with Crippen molar-refractivity contribution >= 4 is 19.8 Å². The molecule has 2 unspecified atom stereocenters. The molecule has 0 saturated heterocycles. The molecule has 358 valence electrons. The molecular formula is C51H84NO10P. The van der Waals surface area contributed by atoms with Crippen molar-refractivity contribution < 1.29 is 47.1 Å². The molecule has 0 aliphatic rings. The fraction of sp³-hybridized carbons (Fsp3) is 0.647. The Morgan fingerprint density at radius 1 is 0.667 bits per heavy atom. The van der Waals surface area contributed by atoms with Gasteiger partial charge in [0.15, 0.2) is 6.10 Å². The Morgan fingerprint density at radius 3 is 1.75 bits per heavy atom. The van der Waals surface area contributed by atoms with Gasteiger partial charge in [-0.25, -0.2) is 4.57 Å². The Morgan fingerprint density at radius 2 is 1.19 bits per heavy atom. The van der Waals surface area contributed by atoms with E-state index < -0.39 is 38.6 Å². The predicted molar refractivity (Wildman–Crippen MR) is 256 cm³/mol. The molecule has 11 nitrogen and oxygen atoms in total. The molecule has 0 bridgehead atoms. The third kappa shape index (κ3) is 32.9. The number of nitrogens with two attached hydrogens (primary N) is 1. The highest BCUT2D eigenvalue weighted by Gasteiger charge is 2.26. The Hall–Kier alpha value is -3.31. The molecule has 0 aromatic carbocycles.